The first-order valence-corrected chi connectivity index (χ1v) is 5.93. The van der Waals surface area contributed by atoms with E-state index in [0.29, 0.717) is 10.8 Å². The molecule has 0 aliphatic heterocycles. The van der Waals surface area contributed by atoms with E-state index >= 15 is 0 Å². The first-order chi connectivity index (χ1) is 8.85. The molecule has 1 amide bonds. The van der Waals surface area contributed by atoms with Gasteiger partial charge in [-0.2, -0.15) is 5.06 Å². The van der Waals surface area contributed by atoms with E-state index in [2.05, 4.69) is 9.97 Å². The van der Waals surface area contributed by atoms with E-state index < -0.39 is 17.7 Å². The van der Waals surface area contributed by atoms with E-state index in [1.165, 1.54) is 18.6 Å². The Hall–Kier alpha value is -1.73. The van der Waals surface area contributed by atoms with Crippen molar-refractivity contribution in [2.75, 3.05) is 6.61 Å². The summed E-state index contributed by atoms with van der Waals surface area (Å²) in [5.41, 5.74) is -0.339. The third kappa shape index (κ3) is 4.80. The van der Waals surface area contributed by atoms with Crippen molar-refractivity contribution in [3.63, 3.8) is 0 Å². The van der Waals surface area contributed by atoms with Crippen LogP contribution in [-0.2, 0) is 4.74 Å². The molecular formula is C12H19N3O4. The van der Waals surface area contributed by atoms with Crippen molar-refractivity contribution < 1.29 is 19.8 Å². The van der Waals surface area contributed by atoms with Crippen molar-refractivity contribution in [1.82, 2.24) is 15.0 Å². The number of nitrogens with zero attached hydrogens (tertiary/aromatic N) is 3. The van der Waals surface area contributed by atoms with Crippen LogP contribution < -0.4 is 0 Å². The zero-order valence-electron chi connectivity index (χ0n) is 11.3. The number of amides is 1. The molecule has 0 fully saturated rings. The van der Waals surface area contributed by atoms with Crippen LogP contribution in [0.2, 0.25) is 0 Å². The Balaban J connectivity index is 2.85. The van der Waals surface area contributed by atoms with Crippen LogP contribution in [0.4, 0.5) is 4.79 Å². The van der Waals surface area contributed by atoms with Gasteiger partial charge in [-0.25, -0.2) is 4.79 Å². The fraction of sp³-hybridized carbons (Fsp3) is 0.583. The minimum absolute atomic E-state index is 0.133. The van der Waals surface area contributed by atoms with E-state index in [9.17, 15) is 10.0 Å². The highest BCUT2D eigenvalue weighted by Crippen LogP contribution is 2.22. The van der Waals surface area contributed by atoms with Gasteiger partial charge in [0, 0.05) is 19.0 Å². The number of ether oxygens (including phenoxy) is 1. The number of hydrogen-bond acceptors (Lipinski definition) is 6. The number of carbonyl (C=O) groups is 1. The Kier molecular flexibility index (Phi) is 5.20. The highest BCUT2D eigenvalue weighted by atomic mass is 16.6. The van der Waals surface area contributed by atoms with Crippen molar-refractivity contribution in [3.8, 4) is 0 Å². The number of carbonyl (C=O) groups excluding carboxylic acids is 1. The second-order valence-corrected chi connectivity index (χ2v) is 4.98. The maximum atomic E-state index is 11.8. The van der Waals surface area contributed by atoms with Crippen LogP contribution in [0, 0.1) is 0 Å². The molecule has 1 heterocycles. The second kappa shape index (κ2) is 6.44. The number of hydrogen-bond donors (Lipinski definition) is 2. The molecule has 0 saturated heterocycles. The smallest absolute Gasteiger partial charge is 0.434 e. The lowest BCUT2D eigenvalue weighted by Gasteiger charge is -2.28. The molecule has 7 heteroatoms. The maximum Gasteiger partial charge on any atom is 0.434 e. The molecule has 0 aromatic carbocycles. The lowest BCUT2D eigenvalue weighted by atomic mass is 10.1. The molecule has 0 aliphatic rings. The van der Waals surface area contributed by atoms with Gasteiger partial charge in [0.1, 0.15) is 11.6 Å². The number of aliphatic hydroxyl groups is 1. The van der Waals surface area contributed by atoms with E-state index in [1.54, 1.807) is 20.8 Å². The molecule has 0 bridgehead atoms. The molecule has 0 spiro atoms. The summed E-state index contributed by atoms with van der Waals surface area (Å²) in [7, 11) is 0. The van der Waals surface area contributed by atoms with Crippen LogP contribution in [0.1, 0.15) is 38.9 Å². The summed E-state index contributed by atoms with van der Waals surface area (Å²) in [5.74, 6) is 0. The van der Waals surface area contributed by atoms with Crippen molar-refractivity contribution >= 4 is 6.09 Å². The summed E-state index contributed by atoms with van der Waals surface area (Å²) < 4.78 is 5.06. The molecule has 0 radical (unpaired) electrons. The number of aliphatic hydroxyl groups excluding tert-OH is 1. The fourth-order valence-corrected chi connectivity index (χ4v) is 1.44. The van der Waals surface area contributed by atoms with E-state index in [0.717, 1.165) is 0 Å². The monoisotopic (exact) mass is 269 g/mol. The summed E-state index contributed by atoms with van der Waals surface area (Å²) in [5, 5.41) is 19.4. The Morgan fingerprint density at radius 1 is 1.47 bits per heavy atom. The first kappa shape index (κ1) is 15.3. The zero-order chi connectivity index (χ0) is 14.5. The molecule has 0 saturated carbocycles. The van der Waals surface area contributed by atoms with Crippen molar-refractivity contribution in [2.24, 2.45) is 0 Å². The molecule has 7 nitrogen and oxygen atoms in total. The summed E-state index contributed by atoms with van der Waals surface area (Å²) in [6, 6.07) is -0.798. The van der Waals surface area contributed by atoms with E-state index in [4.69, 9.17) is 9.84 Å². The zero-order valence-corrected chi connectivity index (χ0v) is 11.3. The van der Waals surface area contributed by atoms with Crippen LogP contribution in [0.5, 0.6) is 0 Å². The maximum absolute atomic E-state index is 11.8. The number of hydroxylamine groups is 2. The lowest BCUT2D eigenvalue weighted by Crippen LogP contribution is -2.37. The summed E-state index contributed by atoms with van der Waals surface area (Å²) in [6.07, 6.45) is 3.59. The lowest BCUT2D eigenvalue weighted by molar-refractivity contribution is -0.126. The summed E-state index contributed by atoms with van der Waals surface area (Å²) in [4.78, 5) is 19.7. The largest absolute Gasteiger partial charge is 0.442 e. The molecule has 19 heavy (non-hydrogen) atoms. The fourth-order valence-electron chi connectivity index (χ4n) is 1.44. The molecular weight excluding hydrogens is 250 g/mol. The van der Waals surface area contributed by atoms with Gasteiger partial charge in [-0.3, -0.25) is 15.2 Å². The van der Waals surface area contributed by atoms with Gasteiger partial charge in [0.05, 0.1) is 11.9 Å². The number of aromatic nitrogens is 2. The van der Waals surface area contributed by atoms with E-state index in [1.807, 2.05) is 0 Å². The Morgan fingerprint density at radius 3 is 2.63 bits per heavy atom. The van der Waals surface area contributed by atoms with Crippen molar-refractivity contribution in [1.29, 1.82) is 0 Å². The van der Waals surface area contributed by atoms with Crippen LogP contribution in [-0.4, -0.2) is 43.6 Å². The van der Waals surface area contributed by atoms with Gasteiger partial charge in [0.2, 0.25) is 0 Å². The predicted octanol–water partition coefficient (Wildman–Crippen LogP) is 1.53. The summed E-state index contributed by atoms with van der Waals surface area (Å²) >= 11 is 0. The molecule has 1 aromatic rings. The third-order valence-electron chi connectivity index (χ3n) is 2.20. The van der Waals surface area contributed by atoms with Crippen LogP contribution >= 0.6 is 0 Å². The SMILES string of the molecule is CC(C)(C)OC(=O)N(O)C(CCO)c1cnccn1. The second-order valence-electron chi connectivity index (χ2n) is 4.98. The average molecular weight is 269 g/mol. The third-order valence-corrected chi connectivity index (χ3v) is 2.20. The Morgan fingerprint density at radius 2 is 2.16 bits per heavy atom. The van der Waals surface area contributed by atoms with Gasteiger partial charge >= 0.3 is 6.09 Å². The predicted molar refractivity (Wildman–Crippen MR) is 66.3 cm³/mol. The van der Waals surface area contributed by atoms with Crippen molar-refractivity contribution in [3.05, 3.63) is 24.3 Å². The molecule has 1 aromatic heterocycles. The first-order valence-electron chi connectivity index (χ1n) is 5.93. The van der Waals surface area contributed by atoms with Crippen molar-refractivity contribution in [2.45, 2.75) is 38.8 Å². The molecule has 1 atom stereocenters. The highest BCUT2D eigenvalue weighted by molar-refractivity contribution is 5.67. The number of rotatable bonds is 4. The van der Waals surface area contributed by atoms with Gasteiger partial charge in [-0.05, 0) is 27.2 Å². The van der Waals surface area contributed by atoms with Gasteiger partial charge in [0.25, 0.3) is 0 Å². The van der Waals surface area contributed by atoms with Crippen LogP contribution in [0.15, 0.2) is 18.6 Å². The van der Waals surface area contributed by atoms with Gasteiger partial charge < -0.3 is 9.84 Å². The van der Waals surface area contributed by atoms with E-state index in [-0.39, 0.29) is 13.0 Å². The van der Waals surface area contributed by atoms with Crippen LogP contribution in [0.25, 0.3) is 0 Å². The van der Waals surface area contributed by atoms with Gasteiger partial charge in [-0.1, -0.05) is 0 Å². The molecule has 1 unspecified atom stereocenters. The quantitative estimate of drug-likeness (QED) is 0.635. The van der Waals surface area contributed by atoms with Gasteiger partial charge in [0.15, 0.2) is 0 Å². The molecule has 1 rings (SSSR count). The molecule has 2 N–H and O–H groups in total. The minimum Gasteiger partial charge on any atom is -0.442 e. The minimum atomic E-state index is -0.892. The Labute approximate surface area is 111 Å². The standard InChI is InChI=1S/C12H19N3O4/c1-12(2,3)19-11(17)15(18)10(4-7-16)9-8-13-5-6-14-9/h5-6,8,10,16,18H,4,7H2,1-3H3. The average Bonchev–Trinajstić information content (AvgIpc) is 2.34. The summed E-state index contributed by atoms with van der Waals surface area (Å²) in [6.45, 7) is 4.88. The normalized spacial score (nSPS) is 12.9. The molecule has 106 valence electrons. The topological polar surface area (TPSA) is 95.8 Å². The van der Waals surface area contributed by atoms with Crippen LogP contribution in [0.3, 0.4) is 0 Å². The van der Waals surface area contributed by atoms with Gasteiger partial charge in [-0.15, -0.1) is 0 Å². The molecule has 0 aliphatic carbocycles. The Bertz CT molecular complexity index is 405. The highest BCUT2D eigenvalue weighted by Gasteiger charge is 2.29.